The van der Waals surface area contributed by atoms with Crippen molar-refractivity contribution < 1.29 is 22.7 Å². The van der Waals surface area contributed by atoms with Gasteiger partial charge in [0.15, 0.2) is 0 Å². The van der Waals surface area contributed by atoms with Crippen LogP contribution in [0.4, 0.5) is 0 Å². The maximum absolute atomic E-state index is 13.5. The van der Waals surface area contributed by atoms with Crippen LogP contribution < -0.4 is 10.1 Å². The lowest BCUT2D eigenvalue weighted by Crippen LogP contribution is -2.53. The first-order chi connectivity index (χ1) is 16.5. The van der Waals surface area contributed by atoms with Crippen molar-refractivity contribution in [3.8, 4) is 5.75 Å². The topological polar surface area (TPSA) is 96.0 Å². The van der Waals surface area contributed by atoms with Gasteiger partial charge >= 0.3 is 0 Å². The van der Waals surface area contributed by atoms with Crippen molar-refractivity contribution in [2.24, 2.45) is 0 Å². The fourth-order valence-corrected chi connectivity index (χ4v) is 4.73. The van der Waals surface area contributed by atoms with Gasteiger partial charge in [0.05, 0.1) is 18.6 Å². The number of carbonyl (C=O) groups excluding carboxylic acids is 2. The molecule has 0 saturated heterocycles. The van der Waals surface area contributed by atoms with Gasteiger partial charge in [-0.3, -0.25) is 9.59 Å². The van der Waals surface area contributed by atoms with Gasteiger partial charge in [-0.05, 0) is 61.7 Å². The summed E-state index contributed by atoms with van der Waals surface area (Å²) in [4.78, 5) is 28.0. The molecule has 2 rings (SSSR count). The maximum atomic E-state index is 13.5. The number of halogens is 1. The molecule has 2 aromatic rings. The molecule has 0 aliphatic carbocycles. The third-order valence-corrected chi connectivity index (χ3v) is 7.82. The van der Waals surface area contributed by atoms with Crippen LogP contribution in [0.15, 0.2) is 53.4 Å². The number of rotatable bonds is 12. The number of nitrogens with one attached hydrogen (secondary N) is 1. The number of ether oxygens (including phenoxy) is 1. The predicted octanol–water partition coefficient (Wildman–Crippen LogP) is 3.69. The molecule has 0 saturated carbocycles. The van der Waals surface area contributed by atoms with Gasteiger partial charge in [0.25, 0.3) is 0 Å². The second-order valence-corrected chi connectivity index (χ2v) is 10.8. The van der Waals surface area contributed by atoms with Gasteiger partial charge in [-0.2, -0.15) is 4.31 Å². The minimum Gasteiger partial charge on any atom is -0.497 e. The Labute approximate surface area is 213 Å². The van der Waals surface area contributed by atoms with Crippen molar-refractivity contribution in [1.82, 2.24) is 14.5 Å². The van der Waals surface area contributed by atoms with Gasteiger partial charge in [0, 0.05) is 24.7 Å². The molecule has 0 bridgehead atoms. The molecule has 0 aliphatic heterocycles. The molecule has 2 atom stereocenters. The monoisotopic (exact) mass is 523 g/mol. The lowest BCUT2D eigenvalue weighted by atomic mass is 10.1. The molecule has 0 unspecified atom stereocenters. The third kappa shape index (κ3) is 7.68. The smallest absolute Gasteiger partial charge is 0.243 e. The molecule has 0 heterocycles. The highest BCUT2D eigenvalue weighted by atomic mass is 35.5. The summed E-state index contributed by atoms with van der Waals surface area (Å²) in [5.41, 5.74) is 0.760. The number of hydrogen-bond donors (Lipinski definition) is 1. The highest BCUT2D eigenvalue weighted by molar-refractivity contribution is 7.89. The minimum absolute atomic E-state index is 0.0260. The molecule has 2 amide bonds. The molecule has 10 heteroatoms. The summed E-state index contributed by atoms with van der Waals surface area (Å²) in [5.74, 6) is -0.144. The van der Waals surface area contributed by atoms with E-state index in [1.807, 2.05) is 26.8 Å². The molecule has 0 fully saturated rings. The Kier molecular flexibility index (Phi) is 10.5. The predicted molar refractivity (Wildman–Crippen MR) is 137 cm³/mol. The van der Waals surface area contributed by atoms with Crippen LogP contribution in [-0.4, -0.2) is 62.2 Å². The van der Waals surface area contributed by atoms with E-state index in [0.717, 1.165) is 16.3 Å². The van der Waals surface area contributed by atoms with E-state index >= 15 is 0 Å². The van der Waals surface area contributed by atoms with Crippen molar-refractivity contribution in [3.05, 3.63) is 59.1 Å². The fraction of sp³-hybridized carbons (Fsp3) is 0.440. The molecule has 0 aromatic heterocycles. The van der Waals surface area contributed by atoms with Crippen LogP contribution in [0.5, 0.6) is 5.75 Å². The van der Waals surface area contributed by atoms with E-state index in [1.165, 1.54) is 36.2 Å². The Morgan fingerprint density at radius 1 is 1.09 bits per heavy atom. The van der Waals surface area contributed by atoms with Crippen LogP contribution in [0.1, 0.15) is 39.2 Å². The highest BCUT2D eigenvalue weighted by Crippen LogP contribution is 2.20. The number of hydrogen-bond acceptors (Lipinski definition) is 5. The van der Waals surface area contributed by atoms with Crippen molar-refractivity contribution in [3.63, 3.8) is 0 Å². The first-order valence-corrected chi connectivity index (χ1v) is 13.3. The van der Waals surface area contributed by atoms with E-state index in [0.29, 0.717) is 17.2 Å². The summed E-state index contributed by atoms with van der Waals surface area (Å²) in [5, 5.41) is 3.34. The molecule has 8 nitrogen and oxygen atoms in total. The minimum atomic E-state index is -3.94. The largest absolute Gasteiger partial charge is 0.497 e. The Morgan fingerprint density at radius 3 is 2.31 bits per heavy atom. The van der Waals surface area contributed by atoms with Crippen molar-refractivity contribution >= 4 is 33.4 Å². The first-order valence-electron chi connectivity index (χ1n) is 11.5. The Balaban J connectivity index is 2.35. The molecular weight excluding hydrogens is 490 g/mol. The number of nitrogens with zero attached hydrogens (tertiary/aromatic N) is 2. The van der Waals surface area contributed by atoms with Crippen LogP contribution in [0.25, 0.3) is 0 Å². The zero-order valence-electron chi connectivity index (χ0n) is 20.8. The molecule has 192 valence electrons. The van der Waals surface area contributed by atoms with E-state index < -0.39 is 28.5 Å². The molecule has 2 aromatic carbocycles. The normalized spacial score (nSPS) is 13.2. The van der Waals surface area contributed by atoms with Gasteiger partial charge in [0.2, 0.25) is 21.8 Å². The van der Waals surface area contributed by atoms with Crippen LogP contribution in [0.2, 0.25) is 5.02 Å². The van der Waals surface area contributed by atoms with Crippen molar-refractivity contribution in [1.29, 1.82) is 0 Å². The SMILES string of the molecule is CC[C@H](C)NC(=O)[C@H](CC)N(Cc1cccc(OC)c1)C(=O)CN(C)S(=O)(=O)c1ccc(Cl)cc1. The zero-order chi connectivity index (χ0) is 26.2. The van der Waals surface area contributed by atoms with Gasteiger partial charge in [-0.1, -0.05) is 37.6 Å². The molecule has 1 N–H and O–H groups in total. The van der Waals surface area contributed by atoms with Gasteiger partial charge in [-0.25, -0.2) is 8.42 Å². The number of likely N-dealkylation sites (N-methyl/N-ethyl adjacent to an activating group) is 1. The van der Waals surface area contributed by atoms with Crippen LogP contribution in [0, 0.1) is 0 Å². The van der Waals surface area contributed by atoms with Gasteiger partial charge in [-0.15, -0.1) is 0 Å². The summed E-state index contributed by atoms with van der Waals surface area (Å²) < 4.78 is 32.3. The fourth-order valence-electron chi connectivity index (χ4n) is 3.48. The second kappa shape index (κ2) is 12.9. The summed E-state index contributed by atoms with van der Waals surface area (Å²) in [6, 6.07) is 12.1. The number of benzene rings is 2. The van der Waals surface area contributed by atoms with E-state index in [9.17, 15) is 18.0 Å². The highest BCUT2D eigenvalue weighted by Gasteiger charge is 2.32. The second-order valence-electron chi connectivity index (χ2n) is 8.33. The number of amides is 2. The Hall–Kier alpha value is -2.62. The van der Waals surface area contributed by atoms with E-state index in [-0.39, 0.29) is 23.4 Å². The van der Waals surface area contributed by atoms with Crippen LogP contribution in [-0.2, 0) is 26.2 Å². The van der Waals surface area contributed by atoms with E-state index in [4.69, 9.17) is 16.3 Å². The maximum Gasteiger partial charge on any atom is 0.243 e. The quantitative estimate of drug-likeness (QED) is 0.457. The zero-order valence-corrected chi connectivity index (χ0v) is 22.4. The van der Waals surface area contributed by atoms with E-state index in [2.05, 4.69) is 5.32 Å². The average molecular weight is 524 g/mol. The van der Waals surface area contributed by atoms with Crippen LogP contribution in [0.3, 0.4) is 0 Å². The molecule has 0 spiro atoms. The first kappa shape index (κ1) is 28.6. The van der Waals surface area contributed by atoms with Crippen molar-refractivity contribution in [2.75, 3.05) is 20.7 Å². The van der Waals surface area contributed by atoms with Gasteiger partial charge in [0.1, 0.15) is 11.8 Å². The molecule has 0 aliphatic rings. The Morgan fingerprint density at radius 2 is 1.74 bits per heavy atom. The number of carbonyl (C=O) groups is 2. The Bertz CT molecular complexity index is 1110. The summed E-state index contributed by atoms with van der Waals surface area (Å²) in [6.07, 6.45) is 1.11. The summed E-state index contributed by atoms with van der Waals surface area (Å²) in [7, 11) is -1.05. The molecule has 35 heavy (non-hydrogen) atoms. The molecular formula is C25H34ClN3O5S. The lowest BCUT2D eigenvalue weighted by Gasteiger charge is -2.32. The standard InChI is InChI=1S/C25H34ClN3O5S/c1-6-18(3)27-25(31)23(7-2)29(16-19-9-8-10-21(15-19)34-5)24(30)17-28(4)35(32,33)22-13-11-20(26)12-14-22/h8-15,18,23H,6-7,16-17H2,1-5H3,(H,27,31)/t18-,23-/m0/s1. The van der Waals surface area contributed by atoms with Crippen molar-refractivity contribution in [2.45, 2.75) is 57.1 Å². The average Bonchev–Trinajstić information content (AvgIpc) is 2.84. The van der Waals surface area contributed by atoms with E-state index in [1.54, 1.807) is 25.3 Å². The number of sulfonamides is 1. The molecule has 0 radical (unpaired) electrons. The summed E-state index contributed by atoms with van der Waals surface area (Å²) >= 11 is 5.88. The summed E-state index contributed by atoms with van der Waals surface area (Å²) in [6.45, 7) is 5.37. The lowest BCUT2D eigenvalue weighted by molar-refractivity contribution is -0.141. The van der Waals surface area contributed by atoms with Gasteiger partial charge < -0.3 is 15.0 Å². The van der Waals surface area contributed by atoms with Crippen LogP contribution >= 0.6 is 11.6 Å². The third-order valence-electron chi connectivity index (χ3n) is 5.75. The number of methoxy groups -OCH3 is 1.